The van der Waals surface area contributed by atoms with Gasteiger partial charge in [-0.25, -0.2) is 9.50 Å². The Morgan fingerprint density at radius 2 is 2.28 bits per heavy atom. The molecule has 2 aromatic heterocycles. The van der Waals surface area contributed by atoms with Crippen LogP contribution in [0.4, 0.5) is 5.82 Å². The third-order valence-corrected chi connectivity index (χ3v) is 3.32. The molecule has 0 spiro atoms. The van der Waals surface area contributed by atoms with Crippen molar-refractivity contribution in [3.63, 3.8) is 0 Å². The van der Waals surface area contributed by atoms with Crippen molar-refractivity contribution in [3.8, 4) is 0 Å². The van der Waals surface area contributed by atoms with Crippen LogP contribution >= 0.6 is 11.6 Å². The molecule has 0 aromatic carbocycles. The molecule has 0 saturated carbocycles. The molecule has 0 fully saturated rings. The molecule has 0 radical (unpaired) electrons. The second-order valence-corrected chi connectivity index (χ2v) is 4.83. The van der Waals surface area contributed by atoms with Crippen LogP contribution in [0, 0.1) is 5.92 Å². The minimum absolute atomic E-state index is 0.609. The fourth-order valence-corrected chi connectivity index (χ4v) is 2.45. The van der Waals surface area contributed by atoms with Crippen LogP contribution in [-0.4, -0.2) is 27.0 Å². The van der Waals surface area contributed by atoms with E-state index in [9.17, 15) is 0 Å². The normalized spacial score (nSPS) is 12.8. The molecule has 5 heteroatoms. The van der Waals surface area contributed by atoms with Crippen LogP contribution in [0.2, 0.25) is 0 Å². The highest BCUT2D eigenvalue weighted by atomic mass is 35.5. The van der Waals surface area contributed by atoms with Crippen molar-refractivity contribution in [1.82, 2.24) is 14.6 Å². The molecule has 2 rings (SSSR count). The maximum absolute atomic E-state index is 5.83. The quantitative estimate of drug-likeness (QED) is 0.783. The third kappa shape index (κ3) is 3.13. The van der Waals surface area contributed by atoms with Gasteiger partial charge in [-0.2, -0.15) is 5.10 Å². The van der Waals surface area contributed by atoms with E-state index in [2.05, 4.69) is 22.3 Å². The number of halogens is 1. The Morgan fingerprint density at radius 3 is 3.06 bits per heavy atom. The molecule has 0 aliphatic heterocycles. The zero-order valence-electron chi connectivity index (χ0n) is 10.6. The zero-order chi connectivity index (χ0) is 12.8. The van der Waals surface area contributed by atoms with Crippen LogP contribution < -0.4 is 5.32 Å². The third-order valence-electron chi connectivity index (χ3n) is 3.10. The largest absolute Gasteiger partial charge is 0.368 e. The Bertz CT molecular complexity index is 477. The van der Waals surface area contributed by atoms with Crippen LogP contribution in [0.3, 0.4) is 0 Å². The van der Waals surface area contributed by atoms with Crippen molar-refractivity contribution < 1.29 is 0 Å². The number of fused-ring (bicyclic) bond motifs is 1. The van der Waals surface area contributed by atoms with Gasteiger partial charge in [0.1, 0.15) is 5.52 Å². The topological polar surface area (TPSA) is 42.2 Å². The maximum Gasteiger partial charge on any atom is 0.152 e. The van der Waals surface area contributed by atoms with Crippen molar-refractivity contribution >= 4 is 22.9 Å². The molecule has 2 aromatic rings. The number of alkyl halides is 1. The summed E-state index contributed by atoms with van der Waals surface area (Å²) in [6.45, 7) is 3.12. The van der Waals surface area contributed by atoms with Gasteiger partial charge in [0.05, 0.1) is 6.20 Å². The summed E-state index contributed by atoms with van der Waals surface area (Å²) in [6, 6.07) is 1.96. The number of aromatic nitrogens is 3. The lowest BCUT2D eigenvalue weighted by atomic mass is 10.0. The van der Waals surface area contributed by atoms with Gasteiger partial charge in [0, 0.05) is 24.8 Å². The summed E-state index contributed by atoms with van der Waals surface area (Å²) in [5.74, 6) is 2.22. The van der Waals surface area contributed by atoms with Crippen LogP contribution in [0.1, 0.15) is 26.2 Å². The first kappa shape index (κ1) is 13.1. The van der Waals surface area contributed by atoms with Gasteiger partial charge in [-0.15, -0.1) is 11.6 Å². The molecule has 18 heavy (non-hydrogen) atoms. The molecular weight excluding hydrogens is 248 g/mol. The zero-order valence-corrected chi connectivity index (χ0v) is 11.4. The minimum Gasteiger partial charge on any atom is -0.368 e. The molecule has 1 unspecified atom stereocenters. The van der Waals surface area contributed by atoms with Gasteiger partial charge < -0.3 is 5.32 Å². The molecule has 0 bridgehead atoms. The lowest BCUT2D eigenvalue weighted by Gasteiger charge is -2.16. The van der Waals surface area contributed by atoms with Gasteiger partial charge in [0.2, 0.25) is 0 Å². The molecule has 4 nitrogen and oxygen atoms in total. The van der Waals surface area contributed by atoms with Gasteiger partial charge in [0.25, 0.3) is 0 Å². The van der Waals surface area contributed by atoms with E-state index in [0.29, 0.717) is 5.92 Å². The second kappa shape index (κ2) is 6.59. The van der Waals surface area contributed by atoms with Gasteiger partial charge in [0.15, 0.2) is 5.82 Å². The fraction of sp³-hybridized carbons (Fsp3) is 0.538. The molecular formula is C13H19ClN4. The first-order valence-corrected chi connectivity index (χ1v) is 6.96. The highest BCUT2D eigenvalue weighted by molar-refractivity contribution is 6.17. The average molecular weight is 267 g/mol. The monoisotopic (exact) mass is 266 g/mol. The number of anilines is 1. The molecule has 98 valence electrons. The highest BCUT2D eigenvalue weighted by Gasteiger charge is 2.09. The number of nitrogens with zero attached hydrogens (tertiary/aromatic N) is 3. The summed E-state index contributed by atoms with van der Waals surface area (Å²) in [5, 5.41) is 7.61. The summed E-state index contributed by atoms with van der Waals surface area (Å²) < 4.78 is 1.83. The molecule has 1 atom stereocenters. The predicted molar refractivity (Wildman–Crippen MR) is 75.2 cm³/mol. The lowest BCUT2D eigenvalue weighted by molar-refractivity contribution is 0.490. The van der Waals surface area contributed by atoms with E-state index in [4.69, 9.17) is 11.6 Å². The summed E-state index contributed by atoms with van der Waals surface area (Å²) in [7, 11) is 0. The molecule has 0 aliphatic carbocycles. The first-order valence-electron chi connectivity index (χ1n) is 6.43. The summed E-state index contributed by atoms with van der Waals surface area (Å²) in [5.41, 5.74) is 1.01. The number of hydrogen-bond donors (Lipinski definition) is 1. The van der Waals surface area contributed by atoms with Crippen LogP contribution in [-0.2, 0) is 0 Å². The van der Waals surface area contributed by atoms with E-state index in [-0.39, 0.29) is 0 Å². The smallest absolute Gasteiger partial charge is 0.152 e. The van der Waals surface area contributed by atoms with Crippen LogP contribution in [0.5, 0.6) is 0 Å². The van der Waals surface area contributed by atoms with E-state index in [0.717, 1.165) is 30.2 Å². The Balaban J connectivity index is 2.02. The SMILES string of the molecule is CCCC(CCCl)CNc1nccn2nccc12. The molecule has 2 heterocycles. The standard InChI is InChI=1S/C13H19ClN4/c1-2-3-11(4-6-14)10-16-13-12-5-7-17-18(12)9-8-15-13/h5,7-9,11H,2-4,6,10H2,1H3,(H,15,16). The minimum atomic E-state index is 0.609. The Labute approximate surface area is 112 Å². The molecule has 0 aliphatic rings. The van der Waals surface area contributed by atoms with Gasteiger partial charge in [-0.05, 0) is 24.8 Å². The van der Waals surface area contributed by atoms with Gasteiger partial charge >= 0.3 is 0 Å². The Morgan fingerprint density at radius 1 is 1.39 bits per heavy atom. The summed E-state index contributed by atoms with van der Waals surface area (Å²) in [6.07, 6.45) is 8.83. The number of rotatable bonds is 7. The molecule has 0 amide bonds. The Kier molecular flexibility index (Phi) is 4.81. The van der Waals surface area contributed by atoms with Gasteiger partial charge in [-0.1, -0.05) is 13.3 Å². The lowest BCUT2D eigenvalue weighted by Crippen LogP contribution is -2.16. The fourth-order valence-electron chi connectivity index (χ4n) is 2.15. The van der Waals surface area contributed by atoms with E-state index in [1.807, 2.05) is 16.8 Å². The number of hydrogen-bond acceptors (Lipinski definition) is 3. The van der Waals surface area contributed by atoms with E-state index in [1.54, 1.807) is 12.4 Å². The number of nitrogens with one attached hydrogen (secondary N) is 1. The van der Waals surface area contributed by atoms with Crippen molar-refractivity contribution in [2.24, 2.45) is 5.92 Å². The van der Waals surface area contributed by atoms with E-state index < -0.39 is 0 Å². The summed E-state index contributed by atoms with van der Waals surface area (Å²) >= 11 is 5.83. The Hall–Kier alpha value is -1.29. The average Bonchev–Trinajstić information content (AvgIpc) is 2.85. The van der Waals surface area contributed by atoms with E-state index in [1.165, 1.54) is 12.8 Å². The van der Waals surface area contributed by atoms with Crippen molar-refractivity contribution in [3.05, 3.63) is 24.7 Å². The first-order chi connectivity index (χ1) is 8.85. The predicted octanol–water partition coefficient (Wildman–Crippen LogP) is 3.19. The van der Waals surface area contributed by atoms with Gasteiger partial charge in [-0.3, -0.25) is 0 Å². The van der Waals surface area contributed by atoms with Crippen molar-refractivity contribution in [2.45, 2.75) is 26.2 Å². The summed E-state index contributed by atoms with van der Waals surface area (Å²) in [4.78, 5) is 4.37. The molecule has 0 saturated heterocycles. The van der Waals surface area contributed by atoms with E-state index >= 15 is 0 Å². The van der Waals surface area contributed by atoms with Crippen LogP contribution in [0.15, 0.2) is 24.7 Å². The molecule has 1 N–H and O–H groups in total. The second-order valence-electron chi connectivity index (χ2n) is 4.45. The maximum atomic E-state index is 5.83. The van der Waals surface area contributed by atoms with Crippen molar-refractivity contribution in [1.29, 1.82) is 0 Å². The highest BCUT2D eigenvalue weighted by Crippen LogP contribution is 2.16. The van der Waals surface area contributed by atoms with Crippen molar-refractivity contribution in [2.75, 3.05) is 17.7 Å². The van der Waals surface area contributed by atoms with Crippen LogP contribution in [0.25, 0.3) is 5.52 Å².